The average molecular weight is 392 g/mol. The van der Waals surface area contributed by atoms with E-state index in [0.717, 1.165) is 11.8 Å². The molecule has 3 aromatic heterocycles. The molecule has 1 saturated heterocycles. The van der Waals surface area contributed by atoms with E-state index in [-0.39, 0.29) is 11.1 Å². The summed E-state index contributed by atoms with van der Waals surface area (Å²) in [4.78, 5) is 20.2. The zero-order chi connectivity index (χ0) is 17.6. The van der Waals surface area contributed by atoms with Gasteiger partial charge in [0, 0.05) is 41.2 Å². The predicted molar refractivity (Wildman–Crippen MR) is 98.5 cm³/mol. The highest BCUT2D eigenvalue weighted by Crippen LogP contribution is 2.33. The van der Waals surface area contributed by atoms with Crippen LogP contribution < -0.4 is 5.32 Å². The van der Waals surface area contributed by atoms with Gasteiger partial charge in [-0.1, -0.05) is 35.6 Å². The van der Waals surface area contributed by atoms with Gasteiger partial charge in [0.15, 0.2) is 11.0 Å². The summed E-state index contributed by atoms with van der Waals surface area (Å²) in [7, 11) is 0. The second-order valence-corrected chi connectivity index (χ2v) is 7.18. The Morgan fingerprint density at radius 2 is 2.16 bits per heavy atom. The van der Waals surface area contributed by atoms with Crippen LogP contribution >= 0.6 is 35.6 Å². The lowest BCUT2D eigenvalue weighted by Crippen LogP contribution is -2.17. The summed E-state index contributed by atoms with van der Waals surface area (Å²) < 4.78 is 19.9. The molecule has 1 N–H and O–H groups in total. The first-order valence-electron chi connectivity index (χ1n) is 6.95. The summed E-state index contributed by atoms with van der Waals surface area (Å²) in [5.74, 6) is -0.427. The van der Waals surface area contributed by atoms with Crippen molar-refractivity contribution in [3.63, 3.8) is 0 Å². The minimum absolute atomic E-state index is 0.200. The van der Waals surface area contributed by atoms with Crippen LogP contribution in [0, 0.1) is 5.82 Å². The van der Waals surface area contributed by atoms with Gasteiger partial charge < -0.3 is 9.73 Å². The molecule has 0 aliphatic carbocycles. The lowest BCUT2D eigenvalue weighted by molar-refractivity contribution is -0.115. The molecule has 0 aromatic carbocycles. The third-order valence-corrected chi connectivity index (χ3v) is 4.91. The number of rotatable bonds is 2. The number of amides is 1. The van der Waals surface area contributed by atoms with Crippen LogP contribution in [0.5, 0.6) is 0 Å². The molecule has 1 amide bonds. The van der Waals surface area contributed by atoms with Crippen LogP contribution in [0.2, 0.25) is 5.15 Å². The van der Waals surface area contributed by atoms with Crippen molar-refractivity contribution >= 4 is 62.9 Å². The van der Waals surface area contributed by atoms with Crippen molar-refractivity contribution in [3.05, 3.63) is 52.4 Å². The molecular weight excluding hydrogens is 385 g/mol. The highest BCUT2D eigenvalue weighted by Gasteiger charge is 2.23. The number of fused-ring (bicyclic) bond motifs is 1. The van der Waals surface area contributed by atoms with Gasteiger partial charge in [-0.2, -0.15) is 0 Å². The Bertz CT molecular complexity index is 1080. The lowest BCUT2D eigenvalue weighted by atomic mass is 10.1. The summed E-state index contributed by atoms with van der Waals surface area (Å²) in [6, 6.07) is 3.01. The van der Waals surface area contributed by atoms with E-state index >= 15 is 0 Å². The van der Waals surface area contributed by atoms with Crippen molar-refractivity contribution in [1.82, 2.24) is 15.3 Å². The summed E-state index contributed by atoms with van der Waals surface area (Å²) in [6.45, 7) is 0. The van der Waals surface area contributed by atoms with Gasteiger partial charge in [-0.3, -0.25) is 9.78 Å². The largest absolute Gasteiger partial charge is 0.456 e. The molecule has 1 fully saturated rings. The molecule has 5 nitrogen and oxygen atoms in total. The lowest BCUT2D eigenvalue weighted by Gasteiger charge is -2.02. The zero-order valence-electron chi connectivity index (χ0n) is 12.2. The first kappa shape index (κ1) is 16.2. The molecule has 4 heterocycles. The van der Waals surface area contributed by atoms with Gasteiger partial charge in [0.05, 0.1) is 4.91 Å². The Morgan fingerprint density at radius 3 is 2.88 bits per heavy atom. The SMILES string of the molecule is O=C1NC(=S)S/C1=C/c1cc2cncc(-c3cnc(Cl)c(F)c3)c2o1. The average Bonchev–Trinajstić information content (AvgIpc) is 3.12. The van der Waals surface area contributed by atoms with Gasteiger partial charge >= 0.3 is 0 Å². The molecule has 0 bridgehead atoms. The third kappa shape index (κ3) is 3.04. The first-order valence-corrected chi connectivity index (χ1v) is 8.55. The fraction of sp³-hybridized carbons (Fsp3) is 0. The molecule has 1 aliphatic rings. The van der Waals surface area contributed by atoms with Crippen molar-refractivity contribution in [2.75, 3.05) is 0 Å². The van der Waals surface area contributed by atoms with Crippen LogP contribution in [0.4, 0.5) is 4.39 Å². The fourth-order valence-corrected chi connectivity index (χ4v) is 3.51. The summed E-state index contributed by atoms with van der Waals surface area (Å²) in [5, 5.41) is 3.05. The van der Waals surface area contributed by atoms with Crippen molar-refractivity contribution in [2.24, 2.45) is 0 Å². The van der Waals surface area contributed by atoms with Crippen molar-refractivity contribution in [3.8, 4) is 11.1 Å². The molecule has 9 heteroatoms. The van der Waals surface area contributed by atoms with Gasteiger partial charge in [-0.05, 0) is 12.1 Å². The van der Waals surface area contributed by atoms with Crippen LogP contribution in [-0.4, -0.2) is 20.2 Å². The number of hydrogen-bond donors (Lipinski definition) is 1. The molecule has 0 atom stereocenters. The van der Waals surface area contributed by atoms with E-state index in [0.29, 0.717) is 37.1 Å². The Balaban J connectivity index is 1.81. The smallest absolute Gasteiger partial charge is 0.263 e. The molecule has 0 spiro atoms. The highest BCUT2D eigenvalue weighted by molar-refractivity contribution is 8.26. The maximum Gasteiger partial charge on any atom is 0.263 e. The number of nitrogens with zero attached hydrogens (tertiary/aromatic N) is 2. The number of aromatic nitrogens is 2. The molecule has 0 unspecified atom stereocenters. The van der Waals surface area contributed by atoms with Gasteiger partial charge in [0.2, 0.25) is 0 Å². The number of pyridine rings is 2. The Labute approximate surface area is 155 Å². The molecule has 0 saturated carbocycles. The van der Waals surface area contributed by atoms with E-state index < -0.39 is 5.82 Å². The van der Waals surface area contributed by atoms with Gasteiger partial charge in [0.1, 0.15) is 15.7 Å². The number of nitrogens with one attached hydrogen (secondary N) is 1. The number of carbonyl (C=O) groups is 1. The topological polar surface area (TPSA) is 68.0 Å². The second-order valence-electron chi connectivity index (χ2n) is 5.10. The number of thioether (sulfide) groups is 1. The molecule has 4 rings (SSSR count). The minimum Gasteiger partial charge on any atom is -0.456 e. The Hall–Kier alpha value is -2.29. The van der Waals surface area contributed by atoms with E-state index in [2.05, 4.69) is 15.3 Å². The summed E-state index contributed by atoms with van der Waals surface area (Å²) in [6.07, 6.45) is 6.22. The van der Waals surface area contributed by atoms with Crippen LogP contribution in [-0.2, 0) is 4.79 Å². The number of hydrogen-bond acceptors (Lipinski definition) is 6. The normalized spacial score (nSPS) is 16.0. The second kappa shape index (κ2) is 6.21. The van der Waals surface area contributed by atoms with E-state index in [9.17, 15) is 9.18 Å². The van der Waals surface area contributed by atoms with Crippen molar-refractivity contribution in [2.45, 2.75) is 0 Å². The van der Waals surface area contributed by atoms with Crippen molar-refractivity contribution in [1.29, 1.82) is 0 Å². The van der Waals surface area contributed by atoms with Crippen LogP contribution in [0.3, 0.4) is 0 Å². The predicted octanol–water partition coefficient (Wildman–Crippen LogP) is 4.17. The van der Waals surface area contributed by atoms with Gasteiger partial charge in [0.25, 0.3) is 5.91 Å². The number of furan rings is 1. The van der Waals surface area contributed by atoms with Crippen LogP contribution in [0.25, 0.3) is 28.2 Å². The zero-order valence-corrected chi connectivity index (χ0v) is 14.6. The molecule has 25 heavy (non-hydrogen) atoms. The van der Waals surface area contributed by atoms with E-state index in [1.54, 1.807) is 24.5 Å². The summed E-state index contributed by atoms with van der Waals surface area (Å²) >= 11 is 11.7. The summed E-state index contributed by atoms with van der Waals surface area (Å²) in [5.41, 5.74) is 1.57. The third-order valence-electron chi connectivity index (χ3n) is 3.46. The number of carbonyl (C=O) groups excluding carboxylic acids is 1. The van der Waals surface area contributed by atoms with Crippen LogP contribution in [0.15, 0.2) is 40.0 Å². The molecule has 0 radical (unpaired) electrons. The fourth-order valence-electron chi connectivity index (χ4n) is 2.38. The molecule has 124 valence electrons. The molecule has 3 aromatic rings. The van der Waals surface area contributed by atoms with Gasteiger partial charge in [-0.15, -0.1) is 0 Å². The number of halogens is 2. The highest BCUT2D eigenvalue weighted by atomic mass is 35.5. The van der Waals surface area contributed by atoms with E-state index in [1.807, 2.05) is 0 Å². The van der Waals surface area contributed by atoms with E-state index in [1.165, 1.54) is 12.3 Å². The maximum atomic E-state index is 13.7. The Kier molecular flexibility index (Phi) is 4.03. The van der Waals surface area contributed by atoms with Crippen LogP contribution in [0.1, 0.15) is 5.76 Å². The first-order chi connectivity index (χ1) is 12.0. The number of thiocarbonyl (C=S) groups is 1. The van der Waals surface area contributed by atoms with Gasteiger partial charge in [-0.25, -0.2) is 9.37 Å². The molecule has 1 aliphatic heterocycles. The molecular formula is C16H7ClFN3O2S2. The van der Waals surface area contributed by atoms with Crippen molar-refractivity contribution < 1.29 is 13.6 Å². The standard InChI is InChI=1S/C16H7ClFN3O2S2/c17-14-11(18)2-7(5-20-14)10-6-19-4-8-1-9(23-13(8)10)3-12-15(22)21-16(24)25-12/h1-6H,(H,21,22,24)/b12-3+. The monoisotopic (exact) mass is 391 g/mol. The Morgan fingerprint density at radius 1 is 1.32 bits per heavy atom. The maximum absolute atomic E-state index is 13.7. The minimum atomic E-state index is -0.627. The quantitative estimate of drug-likeness (QED) is 0.401. The van der Waals surface area contributed by atoms with E-state index in [4.69, 9.17) is 28.2 Å².